The number of hydrogen-bond acceptors (Lipinski definition) is 4. The van der Waals surface area contributed by atoms with Crippen molar-refractivity contribution in [2.24, 2.45) is 0 Å². The predicted octanol–water partition coefficient (Wildman–Crippen LogP) is 2.41. The highest BCUT2D eigenvalue weighted by Gasteiger charge is 2.31. The molecule has 1 aromatic rings. The van der Waals surface area contributed by atoms with Gasteiger partial charge in [-0.2, -0.15) is 0 Å². The fourth-order valence-electron chi connectivity index (χ4n) is 3.91. The van der Waals surface area contributed by atoms with Gasteiger partial charge in [-0.1, -0.05) is 6.92 Å². The molecule has 0 bridgehead atoms. The first-order valence-corrected chi connectivity index (χ1v) is 9.71. The number of carbonyl (C=O) groups excluding carboxylic acids is 2. The Hall–Kier alpha value is -1.50. The third kappa shape index (κ3) is 5.75. The normalized spacial score (nSPS) is 19.5. The standard InChI is InChI=1S/C20H30N4O2.2ClH/c1-3-11-22(2)17-8-6-16(7-9-17)20(26)23-12-4-5-18(15-23)24-13-10-21-14-19(24)25;;/h6-9,18,21H,3-5,10-15H2,1-2H3;2*1H. The molecule has 1 N–H and O–H groups in total. The highest BCUT2D eigenvalue weighted by atomic mass is 35.5. The zero-order chi connectivity index (χ0) is 18.5. The van der Waals surface area contributed by atoms with E-state index in [9.17, 15) is 9.59 Å². The number of nitrogens with zero attached hydrogens (tertiary/aromatic N) is 3. The topological polar surface area (TPSA) is 55.9 Å². The van der Waals surface area contributed by atoms with Gasteiger partial charge in [-0.25, -0.2) is 0 Å². The lowest BCUT2D eigenvalue weighted by molar-refractivity contribution is -0.135. The third-order valence-electron chi connectivity index (χ3n) is 5.36. The minimum Gasteiger partial charge on any atom is -0.375 e. The molecular weight excluding hydrogens is 399 g/mol. The van der Waals surface area contributed by atoms with Crippen molar-refractivity contribution in [2.75, 3.05) is 51.2 Å². The van der Waals surface area contributed by atoms with Crippen molar-refractivity contribution in [3.63, 3.8) is 0 Å². The lowest BCUT2D eigenvalue weighted by atomic mass is 10.0. The van der Waals surface area contributed by atoms with Crippen LogP contribution in [0.5, 0.6) is 0 Å². The van der Waals surface area contributed by atoms with Crippen LogP contribution in [0, 0.1) is 0 Å². The van der Waals surface area contributed by atoms with Gasteiger partial charge in [0.25, 0.3) is 5.91 Å². The van der Waals surface area contributed by atoms with E-state index in [2.05, 4.69) is 24.2 Å². The molecule has 28 heavy (non-hydrogen) atoms. The zero-order valence-corrected chi connectivity index (χ0v) is 18.4. The summed E-state index contributed by atoms with van der Waals surface area (Å²) in [6.45, 7) is 6.56. The van der Waals surface area contributed by atoms with E-state index >= 15 is 0 Å². The highest BCUT2D eigenvalue weighted by molar-refractivity contribution is 5.94. The highest BCUT2D eigenvalue weighted by Crippen LogP contribution is 2.20. The molecule has 2 aliphatic heterocycles. The Morgan fingerprint density at radius 2 is 1.93 bits per heavy atom. The van der Waals surface area contributed by atoms with Crippen molar-refractivity contribution in [2.45, 2.75) is 32.2 Å². The second kappa shape index (κ2) is 11.5. The molecule has 1 atom stereocenters. The Morgan fingerprint density at radius 1 is 1.21 bits per heavy atom. The van der Waals surface area contributed by atoms with Crippen molar-refractivity contribution < 1.29 is 9.59 Å². The second-order valence-corrected chi connectivity index (χ2v) is 7.28. The van der Waals surface area contributed by atoms with E-state index in [0.717, 1.165) is 56.7 Å². The van der Waals surface area contributed by atoms with Crippen LogP contribution in [0.3, 0.4) is 0 Å². The number of rotatable bonds is 5. The average molecular weight is 431 g/mol. The maximum atomic E-state index is 12.9. The lowest BCUT2D eigenvalue weighted by Crippen LogP contribution is -2.57. The van der Waals surface area contributed by atoms with Gasteiger partial charge in [0.05, 0.1) is 6.54 Å². The molecule has 3 rings (SSSR count). The van der Waals surface area contributed by atoms with Crippen LogP contribution in [0.1, 0.15) is 36.5 Å². The fraction of sp³-hybridized carbons (Fsp3) is 0.600. The van der Waals surface area contributed by atoms with Gasteiger partial charge in [-0.05, 0) is 43.5 Å². The first-order valence-electron chi connectivity index (χ1n) is 9.71. The molecule has 0 saturated carbocycles. The number of piperidine rings is 1. The number of carbonyl (C=O) groups is 2. The quantitative estimate of drug-likeness (QED) is 0.778. The molecule has 2 saturated heterocycles. The minimum absolute atomic E-state index is 0. The molecule has 6 nitrogen and oxygen atoms in total. The molecule has 1 unspecified atom stereocenters. The lowest BCUT2D eigenvalue weighted by Gasteiger charge is -2.41. The molecule has 158 valence electrons. The first kappa shape index (κ1) is 24.5. The van der Waals surface area contributed by atoms with Gasteiger partial charge in [-0.15, -0.1) is 24.8 Å². The van der Waals surface area contributed by atoms with Crippen LogP contribution in [0.2, 0.25) is 0 Å². The van der Waals surface area contributed by atoms with Gasteiger partial charge in [-0.3, -0.25) is 9.59 Å². The number of likely N-dealkylation sites (tertiary alicyclic amines) is 1. The van der Waals surface area contributed by atoms with Gasteiger partial charge in [0.2, 0.25) is 5.91 Å². The molecule has 2 fully saturated rings. The Morgan fingerprint density at radius 3 is 2.57 bits per heavy atom. The summed E-state index contributed by atoms with van der Waals surface area (Å²) in [7, 11) is 2.07. The Bertz CT molecular complexity index is 642. The predicted molar refractivity (Wildman–Crippen MR) is 118 cm³/mol. The molecule has 2 heterocycles. The maximum absolute atomic E-state index is 12.9. The van der Waals surface area contributed by atoms with Crippen LogP contribution in [-0.2, 0) is 4.79 Å². The summed E-state index contributed by atoms with van der Waals surface area (Å²) in [6.07, 6.45) is 3.03. The SMILES string of the molecule is CCCN(C)c1ccc(C(=O)N2CCCC(N3CCNCC3=O)C2)cc1.Cl.Cl. The summed E-state index contributed by atoms with van der Waals surface area (Å²) in [6, 6.07) is 8.03. The molecule has 2 amide bonds. The van der Waals surface area contributed by atoms with E-state index in [0.29, 0.717) is 13.1 Å². The van der Waals surface area contributed by atoms with Crippen molar-refractivity contribution in [3.05, 3.63) is 29.8 Å². The number of amides is 2. The monoisotopic (exact) mass is 430 g/mol. The van der Waals surface area contributed by atoms with E-state index in [4.69, 9.17) is 0 Å². The van der Waals surface area contributed by atoms with E-state index in [1.165, 1.54) is 0 Å². The molecular formula is C20H32Cl2N4O2. The van der Waals surface area contributed by atoms with Gasteiger partial charge in [0, 0.05) is 57.1 Å². The number of nitrogens with one attached hydrogen (secondary N) is 1. The Balaban J connectivity index is 0.00000196. The molecule has 0 radical (unpaired) electrons. The maximum Gasteiger partial charge on any atom is 0.253 e. The second-order valence-electron chi connectivity index (χ2n) is 7.28. The van der Waals surface area contributed by atoms with Crippen LogP contribution >= 0.6 is 24.8 Å². The van der Waals surface area contributed by atoms with Crippen molar-refractivity contribution >= 4 is 42.3 Å². The molecule has 8 heteroatoms. The molecule has 0 spiro atoms. The third-order valence-corrected chi connectivity index (χ3v) is 5.36. The number of halogens is 2. The van der Waals surface area contributed by atoms with Crippen LogP contribution in [-0.4, -0.2) is 74.0 Å². The van der Waals surface area contributed by atoms with Crippen LogP contribution in [0.25, 0.3) is 0 Å². The van der Waals surface area contributed by atoms with E-state index in [1.807, 2.05) is 34.1 Å². The smallest absolute Gasteiger partial charge is 0.253 e. The van der Waals surface area contributed by atoms with Crippen LogP contribution in [0.15, 0.2) is 24.3 Å². The largest absolute Gasteiger partial charge is 0.375 e. The number of benzene rings is 1. The molecule has 1 aromatic carbocycles. The number of anilines is 1. The summed E-state index contributed by atoms with van der Waals surface area (Å²) in [5, 5.41) is 3.11. The summed E-state index contributed by atoms with van der Waals surface area (Å²) in [5.74, 6) is 0.223. The molecule has 0 aromatic heterocycles. The Labute approximate surface area is 180 Å². The zero-order valence-electron chi connectivity index (χ0n) is 16.7. The fourth-order valence-corrected chi connectivity index (χ4v) is 3.91. The molecule has 2 aliphatic rings. The summed E-state index contributed by atoms with van der Waals surface area (Å²) in [5.41, 5.74) is 1.86. The minimum atomic E-state index is 0. The van der Waals surface area contributed by atoms with Crippen molar-refractivity contribution in [1.82, 2.24) is 15.1 Å². The van der Waals surface area contributed by atoms with Gasteiger partial charge < -0.3 is 20.0 Å². The average Bonchev–Trinajstić information content (AvgIpc) is 2.68. The number of piperazine rings is 1. The summed E-state index contributed by atoms with van der Waals surface area (Å²) >= 11 is 0. The van der Waals surface area contributed by atoms with Gasteiger partial charge >= 0.3 is 0 Å². The summed E-state index contributed by atoms with van der Waals surface area (Å²) in [4.78, 5) is 31.1. The molecule has 0 aliphatic carbocycles. The van der Waals surface area contributed by atoms with Gasteiger partial charge in [0.15, 0.2) is 0 Å². The number of hydrogen-bond donors (Lipinski definition) is 1. The van der Waals surface area contributed by atoms with E-state index in [1.54, 1.807) is 0 Å². The van der Waals surface area contributed by atoms with Crippen LogP contribution in [0.4, 0.5) is 5.69 Å². The van der Waals surface area contributed by atoms with E-state index < -0.39 is 0 Å². The van der Waals surface area contributed by atoms with E-state index in [-0.39, 0.29) is 42.7 Å². The summed E-state index contributed by atoms with van der Waals surface area (Å²) < 4.78 is 0. The van der Waals surface area contributed by atoms with Gasteiger partial charge in [0.1, 0.15) is 0 Å². The van der Waals surface area contributed by atoms with Crippen LogP contribution < -0.4 is 10.2 Å². The Kier molecular flexibility index (Phi) is 10.1. The van der Waals surface area contributed by atoms with Crippen molar-refractivity contribution in [3.8, 4) is 0 Å². The van der Waals surface area contributed by atoms with Crippen molar-refractivity contribution in [1.29, 1.82) is 0 Å². The first-order chi connectivity index (χ1) is 12.6.